The number of benzene rings is 2. The molecule has 1 aromatic heterocycles. The lowest BCUT2D eigenvalue weighted by Gasteiger charge is -2.09. The van der Waals surface area contributed by atoms with Gasteiger partial charge in [-0.05, 0) is 61.9 Å². The van der Waals surface area contributed by atoms with Crippen molar-refractivity contribution in [2.24, 2.45) is 0 Å². The Morgan fingerprint density at radius 3 is 2.47 bits per heavy atom. The maximum atomic E-state index is 12.1. The summed E-state index contributed by atoms with van der Waals surface area (Å²) in [5.41, 5.74) is 4.61. The molecule has 3 aromatic rings. The van der Waals surface area contributed by atoms with Crippen LogP contribution in [0.4, 0.5) is 4.79 Å². The molecule has 0 atom stereocenters. The monoisotopic (exact) mass is 434 g/mol. The van der Waals surface area contributed by atoms with Gasteiger partial charge < -0.3 is 25.7 Å². The number of hydrogen-bond donors (Lipinski definition) is 4. The topological polar surface area (TPSA) is 95.2 Å². The normalized spacial score (nSPS) is 13.0. The summed E-state index contributed by atoms with van der Waals surface area (Å²) in [6, 6.07) is 16.0. The van der Waals surface area contributed by atoms with Crippen LogP contribution in [-0.2, 0) is 17.6 Å². The number of urea groups is 1. The summed E-state index contributed by atoms with van der Waals surface area (Å²) in [7, 11) is 0. The number of hydrogen-bond acceptors (Lipinski definition) is 3. The van der Waals surface area contributed by atoms with Crippen molar-refractivity contribution in [3.8, 4) is 5.75 Å². The van der Waals surface area contributed by atoms with E-state index in [4.69, 9.17) is 4.74 Å². The Morgan fingerprint density at radius 1 is 1.00 bits per heavy atom. The summed E-state index contributed by atoms with van der Waals surface area (Å²) in [4.78, 5) is 27.2. The molecule has 7 nitrogen and oxygen atoms in total. The molecule has 0 bridgehead atoms. The van der Waals surface area contributed by atoms with Crippen molar-refractivity contribution in [1.29, 1.82) is 0 Å². The third-order valence-electron chi connectivity index (χ3n) is 5.62. The van der Waals surface area contributed by atoms with Crippen molar-refractivity contribution < 1.29 is 14.3 Å². The lowest BCUT2D eigenvalue weighted by molar-refractivity contribution is -0.123. The molecule has 0 aliphatic heterocycles. The van der Waals surface area contributed by atoms with Crippen molar-refractivity contribution in [3.05, 3.63) is 65.4 Å². The quantitative estimate of drug-likeness (QED) is 0.395. The van der Waals surface area contributed by atoms with Crippen molar-refractivity contribution in [2.75, 3.05) is 19.7 Å². The van der Waals surface area contributed by atoms with Crippen LogP contribution < -0.4 is 20.7 Å². The molecule has 32 heavy (non-hydrogen) atoms. The molecule has 1 fully saturated rings. The molecule has 0 saturated heterocycles. The molecule has 7 heteroatoms. The largest absolute Gasteiger partial charge is 0.484 e. The van der Waals surface area contributed by atoms with Crippen molar-refractivity contribution in [3.63, 3.8) is 0 Å². The second-order valence-electron chi connectivity index (χ2n) is 8.23. The molecular weight excluding hydrogens is 404 g/mol. The number of nitrogens with one attached hydrogen (secondary N) is 4. The van der Waals surface area contributed by atoms with Gasteiger partial charge in [-0.25, -0.2) is 4.79 Å². The predicted molar refractivity (Wildman–Crippen MR) is 125 cm³/mol. The summed E-state index contributed by atoms with van der Waals surface area (Å²) in [5, 5.41) is 9.94. The highest BCUT2D eigenvalue weighted by atomic mass is 16.5. The van der Waals surface area contributed by atoms with Crippen LogP contribution in [0.15, 0.2) is 48.5 Å². The third-order valence-corrected chi connectivity index (χ3v) is 5.62. The van der Waals surface area contributed by atoms with E-state index in [9.17, 15) is 9.59 Å². The Labute approximate surface area is 187 Å². The molecule has 1 saturated carbocycles. The van der Waals surface area contributed by atoms with E-state index in [1.54, 1.807) is 0 Å². The second-order valence-corrected chi connectivity index (χ2v) is 8.23. The van der Waals surface area contributed by atoms with E-state index >= 15 is 0 Å². The minimum absolute atomic E-state index is 0.0373. The zero-order valence-electron chi connectivity index (χ0n) is 18.4. The number of para-hydroxylation sites is 1. The van der Waals surface area contributed by atoms with Gasteiger partial charge in [0.05, 0.1) is 0 Å². The second kappa shape index (κ2) is 10.2. The minimum Gasteiger partial charge on any atom is -0.484 e. The van der Waals surface area contributed by atoms with Crippen LogP contribution >= 0.6 is 0 Å². The highest BCUT2D eigenvalue weighted by Gasteiger charge is 2.23. The Kier molecular flexibility index (Phi) is 6.94. The minimum atomic E-state index is -0.163. The lowest BCUT2D eigenvalue weighted by atomic mass is 10.1. The number of fused-ring (bicyclic) bond motifs is 1. The van der Waals surface area contributed by atoms with E-state index in [0.29, 0.717) is 24.9 Å². The molecule has 4 N–H and O–H groups in total. The highest BCUT2D eigenvalue weighted by molar-refractivity contribution is 5.84. The van der Waals surface area contributed by atoms with Gasteiger partial charge in [-0.15, -0.1) is 0 Å². The number of H-pyrrole nitrogens is 1. The number of carbonyl (C=O) groups excluding carboxylic acids is 2. The number of aromatic nitrogens is 1. The van der Waals surface area contributed by atoms with Crippen LogP contribution in [-0.4, -0.2) is 42.7 Å². The van der Waals surface area contributed by atoms with E-state index in [1.807, 2.05) is 36.4 Å². The first-order valence-corrected chi connectivity index (χ1v) is 11.2. The zero-order valence-corrected chi connectivity index (χ0v) is 18.4. The Bertz CT molecular complexity index is 1070. The molecule has 4 rings (SSSR count). The van der Waals surface area contributed by atoms with E-state index in [1.165, 1.54) is 10.9 Å². The molecule has 168 valence electrons. The molecule has 0 spiro atoms. The van der Waals surface area contributed by atoms with E-state index < -0.39 is 0 Å². The average Bonchev–Trinajstić information content (AvgIpc) is 3.55. The maximum absolute atomic E-state index is 12.1. The first kappa shape index (κ1) is 21.7. The van der Waals surface area contributed by atoms with Gasteiger partial charge in [0.25, 0.3) is 5.91 Å². The summed E-state index contributed by atoms with van der Waals surface area (Å²) >= 11 is 0. The molecule has 0 unspecified atom stereocenters. The molecule has 2 aromatic carbocycles. The van der Waals surface area contributed by atoms with Gasteiger partial charge in [-0.3, -0.25) is 4.79 Å². The molecule has 1 aliphatic rings. The van der Waals surface area contributed by atoms with Crippen LogP contribution in [0.2, 0.25) is 0 Å². The van der Waals surface area contributed by atoms with Gasteiger partial charge in [0, 0.05) is 35.7 Å². The Balaban J connectivity index is 1.13. The Hall–Kier alpha value is -3.48. The van der Waals surface area contributed by atoms with E-state index in [2.05, 4.69) is 40.0 Å². The third kappa shape index (κ3) is 6.03. The first-order valence-electron chi connectivity index (χ1n) is 11.2. The molecule has 1 heterocycles. The van der Waals surface area contributed by atoms with E-state index in [-0.39, 0.29) is 18.5 Å². The number of rotatable bonds is 10. The lowest BCUT2D eigenvalue weighted by Crippen LogP contribution is -2.37. The van der Waals surface area contributed by atoms with Gasteiger partial charge in [-0.1, -0.05) is 30.3 Å². The van der Waals surface area contributed by atoms with Gasteiger partial charge in [0.1, 0.15) is 5.75 Å². The number of aromatic amines is 1. The number of aryl methyl sites for hydroxylation is 1. The molecule has 3 amide bonds. The van der Waals surface area contributed by atoms with Crippen LogP contribution in [0.3, 0.4) is 0 Å². The molecule has 1 aliphatic carbocycles. The van der Waals surface area contributed by atoms with Crippen molar-refractivity contribution in [1.82, 2.24) is 20.9 Å². The molecule has 0 radical (unpaired) electrons. The number of amides is 3. The fourth-order valence-electron chi connectivity index (χ4n) is 3.74. The van der Waals surface area contributed by atoms with Gasteiger partial charge in [0.15, 0.2) is 6.61 Å². The summed E-state index contributed by atoms with van der Waals surface area (Å²) < 4.78 is 5.51. The zero-order chi connectivity index (χ0) is 22.3. The maximum Gasteiger partial charge on any atom is 0.314 e. The SMILES string of the molecule is Cc1[nH]c2ccccc2c1CCNC(=O)NCCc1ccc(OCC(=O)NC2CC2)cc1. The molecular formula is C25H30N4O3. The van der Waals surface area contributed by atoms with E-state index in [0.717, 1.165) is 42.5 Å². The summed E-state index contributed by atoms with van der Waals surface area (Å²) in [6.07, 6.45) is 3.63. The fraction of sp³-hybridized carbons (Fsp3) is 0.360. The summed E-state index contributed by atoms with van der Waals surface area (Å²) in [6.45, 7) is 3.22. The van der Waals surface area contributed by atoms with Crippen LogP contribution in [0.25, 0.3) is 10.9 Å². The number of ether oxygens (including phenoxy) is 1. The van der Waals surface area contributed by atoms with Gasteiger partial charge in [-0.2, -0.15) is 0 Å². The van der Waals surface area contributed by atoms with Crippen molar-refractivity contribution in [2.45, 2.75) is 38.6 Å². The number of carbonyl (C=O) groups is 2. The Morgan fingerprint density at radius 2 is 1.72 bits per heavy atom. The first-order chi connectivity index (χ1) is 15.6. The van der Waals surface area contributed by atoms with Crippen LogP contribution in [0.5, 0.6) is 5.75 Å². The van der Waals surface area contributed by atoms with Gasteiger partial charge in [0.2, 0.25) is 0 Å². The predicted octanol–water partition coefficient (Wildman–Crippen LogP) is 3.22. The van der Waals surface area contributed by atoms with Gasteiger partial charge >= 0.3 is 6.03 Å². The van der Waals surface area contributed by atoms with Crippen LogP contribution in [0.1, 0.15) is 29.7 Å². The standard InChI is InChI=1S/C25H30N4O3/c1-17-21(22-4-2-3-5-23(22)28-17)13-15-27-25(31)26-14-12-18-6-10-20(11-7-18)32-16-24(30)29-19-8-9-19/h2-7,10-11,19,28H,8-9,12-16H2,1H3,(H,29,30)(H2,26,27,31). The average molecular weight is 435 g/mol. The summed E-state index contributed by atoms with van der Waals surface area (Å²) in [5.74, 6) is 0.588. The van der Waals surface area contributed by atoms with Crippen molar-refractivity contribution >= 4 is 22.8 Å². The smallest absolute Gasteiger partial charge is 0.314 e. The highest BCUT2D eigenvalue weighted by Crippen LogP contribution is 2.22. The fourth-order valence-corrected chi connectivity index (χ4v) is 3.74. The van der Waals surface area contributed by atoms with Crippen LogP contribution in [0, 0.1) is 6.92 Å².